The summed E-state index contributed by atoms with van der Waals surface area (Å²) >= 11 is 0. The van der Waals surface area contributed by atoms with E-state index in [0.29, 0.717) is 5.82 Å². The van der Waals surface area contributed by atoms with Crippen LogP contribution in [0.5, 0.6) is 5.75 Å². The molecule has 9 heteroatoms. The van der Waals surface area contributed by atoms with Gasteiger partial charge < -0.3 is 20.1 Å². The molecule has 0 spiro atoms. The fourth-order valence-corrected chi connectivity index (χ4v) is 3.67. The Bertz CT molecular complexity index is 1400. The van der Waals surface area contributed by atoms with Gasteiger partial charge >= 0.3 is 5.97 Å². The third-order valence-electron chi connectivity index (χ3n) is 5.33. The standard InChI is InChI=1S/C26H26N4O5/c1-4-34-26(33)20(30-21-22(31)23(32)24(21)35-15(2)3)13-16-5-7-18(8-6-16)29-25-19-14-27-11-9-17(19)10-12-28-25/h5-12,14-15,20,30H,4,13H2,1-3H3,(H,28,29)/t20-/m0/s1. The lowest BCUT2D eigenvalue weighted by Gasteiger charge is -2.22. The molecule has 1 atom stereocenters. The van der Waals surface area contributed by atoms with E-state index in [0.717, 1.165) is 22.0 Å². The largest absolute Gasteiger partial charge is 0.485 e. The molecule has 0 saturated heterocycles. The summed E-state index contributed by atoms with van der Waals surface area (Å²) in [6.07, 6.45) is 5.18. The van der Waals surface area contributed by atoms with E-state index in [2.05, 4.69) is 20.6 Å². The summed E-state index contributed by atoms with van der Waals surface area (Å²) < 4.78 is 10.6. The van der Waals surface area contributed by atoms with Crippen LogP contribution in [-0.2, 0) is 16.0 Å². The molecule has 180 valence electrons. The number of rotatable bonds is 10. The summed E-state index contributed by atoms with van der Waals surface area (Å²) in [4.78, 5) is 45.2. The van der Waals surface area contributed by atoms with Crippen molar-refractivity contribution in [3.8, 4) is 5.75 Å². The molecular formula is C26H26N4O5. The van der Waals surface area contributed by atoms with Gasteiger partial charge in [-0.05, 0) is 56.0 Å². The Morgan fingerprint density at radius 2 is 1.77 bits per heavy atom. The van der Waals surface area contributed by atoms with Gasteiger partial charge in [0.25, 0.3) is 10.9 Å². The number of ether oxygens (including phenoxy) is 2. The van der Waals surface area contributed by atoms with E-state index < -0.39 is 22.9 Å². The van der Waals surface area contributed by atoms with Crippen molar-refractivity contribution in [1.29, 1.82) is 0 Å². The lowest BCUT2D eigenvalue weighted by Crippen LogP contribution is -2.42. The van der Waals surface area contributed by atoms with Crippen molar-refractivity contribution in [2.75, 3.05) is 17.2 Å². The van der Waals surface area contributed by atoms with Crippen LogP contribution in [0.25, 0.3) is 10.8 Å². The van der Waals surface area contributed by atoms with Crippen LogP contribution >= 0.6 is 0 Å². The van der Waals surface area contributed by atoms with Gasteiger partial charge in [-0.15, -0.1) is 0 Å². The minimum absolute atomic E-state index is 0.00989. The Balaban J connectivity index is 1.51. The number of benzene rings is 1. The SMILES string of the molecule is CCOC(=O)[C@H](Cc1ccc(Nc2nccc3ccncc23)cc1)Nc1c(OC(C)C)c(=O)c1=O. The Morgan fingerprint density at radius 3 is 2.49 bits per heavy atom. The maximum Gasteiger partial charge on any atom is 0.328 e. The molecule has 0 amide bonds. The first-order valence-electron chi connectivity index (χ1n) is 11.3. The highest BCUT2D eigenvalue weighted by Crippen LogP contribution is 2.25. The van der Waals surface area contributed by atoms with E-state index in [9.17, 15) is 14.4 Å². The average Bonchev–Trinajstić information content (AvgIpc) is 2.86. The van der Waals surface area contributed by atoms with E-state index in [1.165, 1.54) is 0 Å². The smallest absolute Gasteiger partial charge is 0.328 e. The lowest BCUT2D eigenvalue weighted by molar-refractivity contribution is -0.144. The molecule has 0 radical (unpaired) electrons. The van der Waals surface area contributed by atoms with Gasteiger partial charge in [0.15, 0.2) is 5.75 Å². The number of aromatic nitrogens is 2. The maximum atomic E-state index is 12.6. The van der Waals surface area contributed by atoms with Crippen LogP contribution in [0.2, 0.25) is 0 Å². The second kappa shape index (κ2) is 10.3. The highest BCUT2D eigenvalue weighted by molar-refractivity contribution is 5.92. The van der Waals surface area contributed by atoms with E-state index in [4.69, 9.17) is 9.47 Å². The number of anilines is 3. The van der Waals surface area contributed by atoms with E-state index in [-0.39, 0.29) is 30.6 Å². The van der Waals surface area contributed by atoms with Gasteiger partial charge in [-0.25, -0.2) is 9.78 Å². The summed E-state index contributed by atoms with van der Waals surface area (Å²) in [6.45, 7) is 5.40. The maximum absolute atomic E-state index is 12.6. The zero-order valence-electron chi connectivity index (χ0n) is 19.7. The number of nitrogens with one attached hydrogen (secondary N) is 2. The molecule has 0 aliphatic rings. The summed E-state index contributed by atoms with van der Waals surface area (Å²) in [6, 6.07) is 10.5. The van der Waals surface area contributed by atoms with Crippen molar-refractivity contribution in [2.45, 2.75) is 39.3 Å². The highest BCUT2D eigenvalue weighted by Gasteiger charge is 2.29. The van der Waals surface area contributed by atoms with Crippen LogP contribution < -0.4 is 26.2 Å². The first kappa shape index (κ1) is 23.9. The van der Waals surface area contributed by atoms with Crippen LogP contribution in [0.1, 0.15) is 26.3 Å². The molecule has 0 aliphatic heterocycles. The third kappa shape index (κ3) is 5.29. The molecule has 4 aromatic rings. The van der Waals surface area contributed by atoms with Crippen LogP contribution in [0.15, 0.2) is 64.6 Å². The molecule has 0 unspecified atom stereocenters. The zero-order valence-corrected chi connectivity index (χ0v) is 19.7. The molecule has 2 N–H and O–H groups in total. The van der Waals surface area contributed by atoms with Gasteiger partial charge in [-0.1, -0.05) is 12.1 Å². The minimum Gasteiger partial charge on any atom is -0.485 e. The van der Waals surface area contributed by atoms with Crippen molar-refractivity contribution < 1.29 is 14.3 Å². The number of nitrogens with zero attached hydrogens (tertiary/aromatic N) is 2. The summed E-state index contributed by atoms with van der Waals surface area (Å²) in [5, 5.41) is 8.09. The molecule has 0 aliphatic carbocycles. The molecule has 2 aromatic carbocycles. The number of pyridine rings is 2. The van der Waals surface area contributed by atoms with Gasteiger partial charge in [0, 0.05) is 36.1 Å². The zero-order chi connectivity index (χ0) is 24.9. The van der Waals surface area contributed by atoms with Crippen LogP contribution in [0.3, 0.4) is 0 Å². The minimum atomic E-state index is -0.864. The number of carbonyl (C=O) groups is 1. The Hall–Kier alpha value is -4.27. The summed E-state index contributed by atoms with van der Waals surface area (Å²) in [5.41, 5.74) is 0.255. The van der Waals surface area contributed by atoms with Crippen LogP contribution in [0, 0.1) is 0 Å². The van der Waals surface area contributed by atoms with Crippen molar-refractivity contribution in [3.05, 3.63) is 81.0 Å². The van der Waals surface area contributed by atoms with Crippen molar-refractivity contribution in [1.82, 2.24) is 9.97 Å². The summed E-state index contributed by atoms with van der Waals surface area (Å²) in [7, 11) is 0. The molecule has 2 heterocycles. The van der Waals surface area contributed by atoms with Crippen molar-refractivity contribution in [3.63, 3.8) is 0 Å². The van der Waals surface area contributed by atoms with Gasteiger partial charge in [0.05, 0.1) is 12.7 Å². The topological polar surface area (TPSA) is 120 Å². The number of hydrogen-bond donors (Lipinski definition) is 2. The van der Waals surface area contributed by atoms with Crippen LogP contribution in [-0.4, -0.2) is 34.7 Å². The summed E-state index contributed by atoms with van der Waals surface area (Å²) in [5.74, 6) is 0.119. The quantitative estimate of drug-likeness (QED) is 0.263. The molecule has 4 rings (SSSR count). The van der Waals surface area contributed by atoms with Gasteiger partial charge in [0.2, 0.25) is 0 Å². The predicted molar refractivity (Wildman–Crippen MR) is 134 cm³/mol. The fraction of sp³-hybridized carbons (Fsp3) is 0.269. The molecule has 0 saturated carbocycles. The van der Waals surface area contributed by atoms with Gasteiger partial charge in [-0.3, -0.25) is 14.6 Å². The number of fused-ring (bicyclic) bond motifs is 1. The van der Waals surface area contributed by atoms with Gasteiger partial charge in [0.1, 0.15) is 17.5 Å². The number of esters is 1. The Kier molecular flexibility index (Phi) is 7.05. The normalized spacial score (nSPS) is 12.0. The van der Waals surface area contributed by atoms with E-state index in [1.807, 2.05) is 36.4 Å². The second-order valence-corrected chi connectivity index (χ2v) is 8.26. The fourth-order valence-electron chi connectivity index (χ4n) is 3.67. The Morgan fingerprint density at radius 1 is 1.03 bits per heavy atom. The number of hydrogen-bond acceptors (Lipinski definition) is 9. The van der Waals surface area contributed by atoms with E-state index >= 15 is 0 Å². The molecular weight excluding hydrogens is 448 g/mol. The van der Waals surface area contributed by atoms with E-state index in [1.54, 1.807) is 39.4 Å². The first-order chi connectivity index (χ1) is 16.9. The highest BCUT2D eigenvalue weighted by atomic mass is 16.5. The van der Waals surface area contributed by atoms with Crippen LogP contribution in [0.4, 0.5) is 17.2 Å². The monoisotopic (exact) mass is 474 g/mol. The van der Waals surface area contributed by atoms with Crippen molar-refractivity contribution >= 4 is 33.9 Å². The first-order valence-corrected chi connectivity index (χ1v) is 11.3. The molecule has 9 nitrogen and oxygen atoms in total. The average molecular weight is 475 g/mol. The Labute approximate surface area is 201 Å². The van der Waals surface area contributed by atoms with Crippen molar-refractivity contribution in [2.24, 2.45) is 0 Å². The second-order valence-electron chi connectivity index (χ2n) is 8.26. The molecule has 2 aromatic heterocycles. The lowest BCUT2D eigenvalue weighted by atomic mass is 10.0. The molecule has 0 bridgehead atoms. The third-order valence-corrected chi connectivity index (χ3v) is 5.33. The molecule has 35 heavy (non-hydrogen) atoms. The predicted octanol–water partition coefficient (Wildman–Crippen LogP) is 3.34. The van der Waals surface area contributed by atoms with Gasteiger partial charge in [-0.2, -0.15) is 0 Å². The molecule has 0 fully saturated rings. The number of carbonyl (C=O) groups excluding carboxylic acids is 1.